The normalized spacial score (nSPS) is 14.0. The van der Waals surface area contributed by atoms with Crippen LogP contribution in [0.1, 0.15) is 31.9 Å². The van der Waals surface area contributed by atoms with Crippen LogP contribution in [-0.4, -0.2) is 39.3 Å². The van der Waals surface area contributed by atoms with Crippen molar-refractivity contribution in [1.82, 2.24) is 4.90 Å². The lowest BCUT2D eigenvalue weighted by molar-refractivity contribution is 0.0640. The Labute approximate surface area is 228 Å². The second kappa shape index (κ2) is 11.4. The van der Waals surface area contributed by atoms with Crippen molar-refractivity contribution >= 4 is 29.3 Å². The zero-order chi connectivity index (χ0) is 26.4. The molecule has 38 heavy (non-hydrogen) atoms. The van der Waals surface area contributed by atoms with E-state index in [1.807, 2.05) is 0 Å². The van der Waals surface area contributed by atoms with Crippen LogP contribution in [0.2, 0.25) is 5.04 Å². The maximum absolute atomic E-state index is 5.75. The SMILES string of the molecule is CC(C)(C)[Si](C(=C=C(c1ccccc1)N1CCOCC1)c1ccccc1)(c1ccccc1)c1ccccc1. The fourth-order valence-electron chi connectivity index (χ4n) is 5.90. The molecule has 0 saturated carbocycles. The van der Waals surface area contributed by atoms with Crippen LogP contribution in [0.3, 0.4) is 0 Å². The van der Waals surface area contributed by atoms with Gasteiger partial charge in [0.25, 0.3) is 0 Å². The maximum Gasteiger partial charge on any atom is 0.163 e. The Bertz CT molecular complexity index is 1340. The van der Waals surface area contributed by atoms with Gasteiger partial charge in [-0.3, -0.25) is 0 Å². The van der Waals surface area contributed by atoms with Crippen molar-refractivity contribution < 1.29 is 4.74 Å². The molecule has 1 saturated heterocycles. The van der Waals surface area contributed by atoms with Crippen LogP contribution in [0, 0.1) is 0 Å². The highest BCUT2D eigenvalue weighted by molar-refractivity contribution is 7.16. The Morgan fingerprint density at radius 3 is 1.50 bits per heavy atom. The van der Waals surface area contributed by atoms with Gasteiger partial charge in [-0.05, 0) is 21.0 Å². The number of rotatable bonds is 6. The predicted molar refractivity (Wildman–Crippen MR) is 163 cm³/mol. The second-order valence-corrected chi connectivity index (χ2v) is 15.6. The molecule has 1 heterocycles. The number of hydrogen-bond donors (Lipinski definition) is 0. The molecule has 0 bridgehead atoms. The van der Waals surface area contributed by atoms with Gasteiger partial charge in [-0.1, -0.05) is 148 Å². The third-order valence-electron chi connectivity index (χ3n) is 7.59. The van der Waals surface area contributed by atoms with Crippen molar-refractivity contribution in [3.63, 3.8) is 0 Å². The van der Waals surface area contributed by atoms with Crippen LogP contribution in [0.5, 0.6) is 0 Å². The highest BCUT2D eigenvalue weighted by Crippen LogP contribution is 2.44. The number of nitrogens with zero attached hydrogens (tertiary/aromatic N) is 1. The largest absolute Gasteiger partial charge is 0.378 e. The Morgan fingerprint density at radius 1 is 0.632 bits per heavy atom. The standard InChI is InChI=1S/C35H37NOSi/c1-35(2,3)38(31-20-12-6-13-21-31,32-22-14-7-15-23-32)34(30-18-10-5-11-19-30)28-33(29-16-8-4-9-17-29)36-24-26-37-27-25-36/h4-23H,24-27H2,1-3H3. The fraction of sp³-hybridized carbons (Fsp3) is 0.229. The Hall–Kier alpha value is -3.62. The molecule has 0 spiro atoms. The van der Waals surface area contributed by atoms with Gasteiger partial charge >= 0.3 is 0 Å². The number of morpholine rings is 1. The van der Waals surface area contributed by atoms with Crippen LogP contribution in [-0.2, 0) is 4.74 Å². The molecule has 2 nitrogen and oxygen atoms in total. The first kappa shape index (κ1) is 26.0. The lowest BCUT2D eigenvalue weighted by atomic mass is 10.1. The summed E-state index contributed by atoms with van der Waals surface area (Å²) in [5.41, 5.74) is 7.75. The van der Waals surface area contributed by atoms with E-state index in [9.17, 15) is 0 Å². The van der Waals surface area contributed by atoms with Crippen molar-refractivity contribution in [1.29, 1.82) is 0 Å². The number of benzene rings is 4. The molecule has 1 aliphatic rings. The first-order valence-electron chi connectivity index (χ1n) is 13.6. The monoisotopic (exact) mass is 515 g/mol. The molecule has 5 rings (SSSR count). The smallest absolute Gasteiger partial charge is 0.163 e. The van der Waals surface area contributed by atoms with Crippen LogP contribution in [0.15, 0.2) is 127 Å². The molecule has 0 aliphatic carbocycles. The van der Waals surface area contributed by atoms with Crippen LogP contribution < -0.4 is 10.4 Å². The van der Waals surface area contributed by atoms with Crippen molar-refractivity contribution in [2.24, 2.45) is 0 Å². The summed E-state index contributed by atoms with van der Waals surface area (Å²) in [6, 6.07) is 44.1. The van der Waals surface area contributed by atoms with Crippen LogP contribution >= 0.6 is 0 Å². The molecule has 4 aromatic carbocycles. The highest BCUT2D eigenvalue weighted by Gasteiger charge is 2.51. The van der Waals surface area contributed by atoms with E-state index in [0.29, 0.717) is 0 Å². The van der Waals surface area contributed by atoms with E-state index in [0.717, 1.165) is 32.0 Å². The van der Waals surface area contributed by atoms with Crippen molar-refractivity contribution in [3.8, 4) is 0 Å². The molecule has 0 aromatic heterocycles. The minimum Gasteiger partial charge on any atom is -0.378 e. The van der Waals surface area contributed by atoms with Gasteiger partial charge < -0.3 is 9.64 Å². The molecule has 1 aliphatic heterocycles. The minimum absolute atomic E-state index is 0.0410. The van der Waals surface area contributed by atoms with E-state index in [2.05, 4.69) is 153 Å². The van der Waals surface area contributed by atoms with Crippen molar-refractivity contribution in [2.45, 2.75) is 25.8 Å². The summed E-state index contributed by atoms with van der Waals surface area (Å²) >= 11 is 0. The van der Waals surface area contributed by atoms with Gasteiger partial charge in [0, 0.05) is 23.8 Å². The van der Waals surface area contributed by atoms with Gasteiger partial charge in [-0.2, -0.15) is 0 Å². The van der Waals surface area contributed by atoms with E-state index in [4.69, 9.17) is 4.74 Å². The summed E-state index contributed by atoms with van der Waals surface area (Å²) in [5, 5.41) is 4.08. The summed E-state index contributed by atoms with van der Waals surface area (Å²) < 4.78 is 5.75. The first-order valence-corrected chi connectivity index (χ1v) is 15.6. The highest BCUT2D eigenvalue weighted by atomic mass is 28.3. The average molecular weight is 516 g/mol. The zero-order valence-corrected chi connectivity index (χ0v) is 23.7. The molecule has 192 valence electrons. The van der Waals surface area contributed by atoms with Crippen LogP contribution in [0.25, 0.3) is 10.9 Å². The summed E-state index contributed by atoms with van der Waals surface area (Å²) in [7, 11) is -2.65. The number of hydrogen-bond acceptors (Lipinski definition) is 2. The molecular weight excluding hydrogens is 478 g/mol. The van der Waals surface area contributed by atoms with E-state index in [1.165, 1.54) is 26.7 Å². The second-order valence-electron chi connectivity index (χ2n) is 10.9. The van der Waals surface area contributed by atoms with Gasteiger partial charge in [-0.15, -0.1) is 0 Å². The van der Waals surface area contributed by atoms with Gasteiger partial charge in [0.05, 0.1) is 18.9 Å². The third-order valence-corrected chi connectivity index (χ3v) is 13.4. The van der Waals surface area contributed by atoms with Gasteiger partial charge in [0.2, 0.25) is 0 Å². The Morgan fingerprint density at radius 2 is 1.05 bits per heavy atom. The molecule has 0 unspecified atom stereocenters. The summed E-state index contributed by atoms with van der Waals surface area (Å²) in [6.07, 6.45) is 0. The Balaban J connectivity index is 1.97. The quantitative estimate of drug-likeness (QED) is 0.211. The summed E-state index contributed by atoms with van der Waals surface area (Å²) in [6.45, 7) is 10.4. The first-order chi connectivity index (χ1) is 18.5. The lowest BCUT2D eigenvalue weighted by Crippen LogP contribution is -2.65. The molecule has 4 aromatic rings. The van der Waals surface area contributed by atoms with Gasteiger partial charge in [0.15, 0.2) is 8.07 Å². The van der Waals surface area contributed by atoms with E-state index in [1.54, 1.807) is 0 Å². The fourth-order valence-corrected chi connectivity index (χ4v) is 11.6. The zero-order valence-electron chi connectivity index (χ0n) is 22.7. The third kappa shape index (κ3) is 5.06. The van der Waals surface area contributed by atoms with E-state index >= 15 is 0 Å². The van der Waals surface area contributed by atoms with Crippen molar-refractivity contribution in [2.75, 3.05) is 26.3 Å². The van der Waals surface area contributed by atoms with E-state index < -0.39 is 8.07 Å². The van der Waals surface area contributed by atoms with Crippen LogP contribution in [0.4, 0.5) is 0 Å². The lowest BCUT2D eigenvalue weighted by Gasteiger charge is -2.45. The van der Waals surface area contributed by atoms with Gasteiger partial charge in [-0.25, -0.2) is 0 Å². The molecule has 0 amide bonds. The maximum atomic E-state index is 5.75. The molecule has 1 fully saturated rings. The molecule has 0 N–H and O–H groups in total. The molecule has 0 radical (unpaired) electrons. The minimum atomic E-state index is -2.65. The van der Waals surface area contributed by atoms with Crippen molar-refractivity contribution in [3.05, 3.63) is 138 Å². The Kier molecular flexibility index (Phi) is 7.81. The predicted octanol–water partition coefficient (Wildman–Crippen LogP) is 6.64. The topological polar surface area (TPSA) is 12.5 Å². The molecular formula is C35H37NOSi. The van der Waals surface area contributed by atoms with E-state index in [-0.39, 0.29) is 5.04 Å². The summed E-state index contributed by atoms with van der Waals surface area (Å²) in [5.74, 6) is 0. The van der Waals surface area contributed by atoms with Gasteiger partial charge in [0.1, 0.15) is 0 Å². The average Bonchev–Trinajstić information content (AvgIpc) is 2.97. The number of ether oxygens (including phenoxy) is 1. The summed E-state index contributed by atoms with van der Waals surface area (Å²) in [4.78, 5) is 2.46. The molecule has 0 atom stereocenters. The molecule has 3 heteroatoms.